The maximum Gasteiger partial charge on any atom is 0.224 e. The molecule has 2 aromatic carbocycles. The molecule has 2 aliphatic rings. The zero-order valence-corrected chi connectivity index (χ0v) is 18.3. The van der Waals surface area contributed by atoms with Crippen molar-refractivity contribution in [2.45, 2.75) is 68.6 Å². The molecular weight excluding hydrogens is 394 g/mol. The van der Waals surface area contributed by atoms with Crippen LogP contribution in [0.4, 0.5) is 5.69 Å². The fraction of sp³-hybridized carbons (Fsp3) is 0.480. The number of hydrogen-bond donors (Lipinski definition) is 1. The van der Waals surface area contributed by atoms with Crippen molar-refractivity contribution in [1.82, 2.24) is 0 Å². The largest absolute Gasteiger partial charge is 0.611 e. The number of nitrogens with one attached hydrogen (secondary N) is 1. The standard InChI is InChI=1S/C25H31NO3S/c27-25-15-10-21-18-22(11-14-24(21)26-25)29-16-4-5-17-30(28)23-12-8-20(9-13-23)19-6-2-1-3-7-19/h8-9,11-14,18-19H,1-7,10,15-17H2,(H,26,27). The fourth-order valence-electron chi connectivity index (χ4n) is 4.42. The molecule has 1 unspecified atom stereocenters. The van der Waals surface area contributed by atoms with E-state index in [0.29, 0.717) is 24.7 Å². The molecule has 5 heteroatoms. The number of carbonyl (C=O) groups is 1. The lowest BCUT2D eigenvalue weighted by atomic mass is 9.84. The van der Waals surface area contributed by atoms with Crippen LogP contribution in [0.2, 0.25) is 0 Å². The van der Waals surface area contributed by atoms with E-state index in [4.69, 9.17) is 4.74 Å². The number of anilines is 1. The number of amides is 1. The molecule has 160 valence electrons. The summed E-state index contributed by atoms with van der Waals surface area (Å²) in [6.07, 6.45) is 9.67. The van der Waals surface area contributed by atoms with E-state index in [1.54, 1.807) is 0 Å². The van der Waals surface area contributed by atoms with Crippen LogP contribution in [0.15, 0.2) is 47.4 Å². The monoisotopic (exact) mass is 425 g/mol. The molecule has 0 bridgehead atoms. The number of benzene rings is 2. The minimum Gasteiger partial charge on any atom is -0.611 e. The SMILES string of the molecule is O=C1CCc2cc(OCCCC[S+]([O-])c3ccc(C4CCCCC4)cc3)ccc2N1. The van der Waals surface area contributed by atoms with Gasteiger partial charge in [-0.1, -0.05) is 31.4 Å². The normalized spacial score (nSPS) is 17.8. The van der Waals surface area contributed by atoms with Crippen molar-refractivity contribution in [3.05, 3.63) is 53.6 Å². The fourth-order valence-corrected chi connectivity index (χ4v) is 5.56. The van der Waals surface area contributed by atoms with Crippen LogP contribution >= 0.6 is 0 Å². The van der Waals surface area contributed by atoms with Gasteiger partial charge in [0.15, 0.2) is 4.90 Å². The number of rotatable bonds is 8. The minimum absolute atomic E-state index is 0.0767. The molecule has 1 heterocycles. The summed E-state index contributed by atoms with van der Waals surface area (Å²) in [5, 5.41) is 2.89. The first-order valence-corrected chi connectivity index (χ1v) is 12.5. The van der Waals surface area contributed by atoms with Crippen molar-refractivity contribution in [1.29, 1.82) is 0 Å². The summed E-state index contributed by atoms with van der Waals surface area (Å²) >= 11 is -0.946. The van der Waals surface area contributed by atoms with Gasteiger partial charge in [0.05, 0.1) is 6.61 Å². The molecule has 1 aliphatic heterocycles. The van der Waals surface area contributed by atoms with Gasteiger partial charge in [0, 0.05) is 12.1 Å². The van der Waals surface area contributed by atoms with Gasteiger partial charge in [0.1, 0.15) is 11.5 Å². The van der Waals surface area contributed by atoms with Crippen LogP contribution in [-0.4, -0.2) is 22.8 Å². The Labute approximate surface area is 182 Å². The molecule has 1 N–H and O–H groups in total. The van der Waals surface area contributed by atoms with Gasteiger partial charge in [0.25, 0.3) is 0 Å². The molecule has 30 heavy (non-hydrogen) atoms. The molecule has 1 atom stereocenters. The molecule has 2 aromatic rings. The van der Waals surface area contributed by atoms with Gasteiger partial charge < -0.3 is 14.6 Å². The third kappa shape index (κ3) is 5.58. The number of hydrogen-bond acceptors (Lipinski definition) is 3. The highest BCUT2D eigenvalue weighted by molar-refractivity contribution is 7.91. The first-order valence-electron chi connectivity index (χ1n) is 11.2. The molecule has 0 aromatic heterocycles. The first-order chi connectivity index (χ1) is 14.7. The van der Waals surface area contributed by atoms with Crippen LogP contribution in [-0.2, 0) is 22.4 Å². The summed E-state index contributed by atoms with van der Waals surface area (Å²) in [6.45, 7) is 0.614. The van der Waals surface area contributed by atoms with Crippen LogP contribution < -0.4 is 10.1 Å². The summed E-state index contributed by atoms with van der Waals surface area (Å²) < 4.78 is 18.4. The van der Waals surface area contributed by atoms with E-state index in [2.05, 4.69) is 29.6 Å². The third-order valence-electron chi connectivity index (χ3n) is 6.18. The van der Waals surface area contributed by atoms with E-state index < -0.39 is 11.2 Å². The maximum absolute atomic E-state index is 12.6. The average Bonchev–Trinajstić information content (AvgIpc) is 2.79. The quantitative estimate of drug-likeness (QED) is 0.443. The van der Waals surface area contributed by atoms with Gasteiger partial charge in [-0.15, -0.1) is 0 Å². The predicted octanol–water partition coefficient (Wildman–Crippen LogP) is 5.59. The summed E-state index contributed by atoms with van der Waals surface area (Å²) in [4.78, 5) is 12.4. The molecule has 0 spiro atoms. The molecule has 0 saturated heterocycles. The molecule has 4 rings (SSSR count). The molecule has 0 radical (unpaired) electrons. The van der Waals surface area contributed by atoms with Crippen molar-refractivity contribution in [3.8, 4) is 5.75 Å². The number of aryl methyl sites for hydroxylation is 1. The maximum atomic E-state index is 12.6. The minimum atomic E-state index is -0.946. The predicted molar refractivity (Wildman–Crippen MR) is 122 cm³/mol. The van der Waals surface area contributed by atoms with E-state index in [1.807, 2.05) is 18.2 Å². The summed E-state index contributed by atoms with van der Waals surface area (Å²) in [7, 11) is 0. The molecule has 1 amide bonds. The lowest BCUT2D eigenvalue weighted by Gasteiger charge is -2.22. The van der Waals surface area contributed by atoms with Crippen molar-refractivity contribution in [2.24, 2.45) is 0 Å². The Hall–Kier alpha value is -1.98. The second-order valence-corrected chi connectivity index (χ2v) is 9.95. The van der Waals surface area contributed by atoms with Gasteiger partial charge >= 0.3 is 0 Å². The van der Waals surface area contributed by atoms with Crippen molar-refractivity contribution in [2.75, 3.05) is 17.7 Å². The van der Waals surface area contributed by atoms with Gasteiger partial charge in [-0.3, -0.25) is 4.79 Å². The van der Waals surface area contributed by atoms with Crippen LogP contribution in [0.1, 0.15) is 68.4 Å². The molecule has 4 nitrogen and oxygen atoms in total. The Morgan fingerprint density at radius 1 is 1.00 bits per heavy atom. The van der Waals surface area contributed by atoms with Crippen molar-refractivity contribution < 1.29 is 14.1 Å². The number of carbonyl (C=O) groups excluding carboxylic acids is 1. The zero-order valence-electron chi connectivity index (χ0n) is 17.5. The van der Waals surface area contributed by atoms with Gasteiger partial charge in [-0.05, 0) is 90.7 Å². The lowest BCUT2D eigenvalue weighted by molar-refractivity contribution is -0.116. The Bertz CT molecular complexity index is 846. The van der Waals surface area contributed by atoms with E-state index in [9.17, 15) is 9.35 Å². The van der Waals surface area contributed by atoms with Crippen molar-refractivity contribution >= 4 is 22.8 Å². The van der Waals surface area contributed by atoms with Gasteiger partial charge in [-0.2, -0.15) is 0 Å². The van der Waals surface area contributed by atoms with Crippen molar-refractivity contribution in [3.63, 3.8) is 0 Å². The summed E-state index contributed by atoms with van der Waals surface area (Å²) in [5.41, 5.74) is 3.43. The lowest BCUT2D eigenvalue weighted by Crippen LogP contribution is -2.18. The molecule has 1 aliphatic carbocycles. The van der Waals surface area contributed by atoms with E-state index in [-0.39, 0.29) is 5.91 Å². The van der Waals surface area contributed by atoms with E-state index in [0.717, 1.165) is 41.2 Å². The first kappa shape index (κ1) is 21.3. The van der Waals surface area contributed by atoms with Crippen LogP contribution in [0.5, 0.6) is 5.75 Å². The molecule has 1 saturated carbocycles. The highest BCUT2D eigenvalue weighted by Gasteiger charge is 2.17. The summed E-state index contributed by atoms with van der Waals surface area (Å²) in [6, 6.07) is 14.3. The van der Waals surface area contributed by atoms with Crippen LogP contribution in [0, 0.1) is 0 Å². The second-order valence-electron chi connectivity index (χ2n) is 8.38. The Balaban J connectivity index is 1.18. The zero-order chi connectivity index (χ0) is 20.8. The topological polar surface area (TPSA) is 61.4 Å². The van der Waals surface area contributed by atoms with Crippen LogP contribution in [0.3, 0.4) is 0 Å². The second kappa shape index (κ2) is 10.4. The average molecular weight is 426 g/mol. The number of fused-ring (bicyclic) bond motifs is 1. The summed E-state index contributed by atoms with van der Waals surface area (Å²) in [5.74, 6) is 2.28. The Morgan fingerprint density at radius 3 is 2.60 bits per heavy atom. The van der Waals surface area contributed by atoms with E-state index in [1.165, 1.54) is 37.7 Å². The van der Waals surface area contributed by atoms with Gasteiger partial charge in [-0.25, -0.2) is 0 Å². The smallest absolute Gasteiger partial charge is 0.224 e. The van der Waals surface area contributed by atoms with Gasteiger partial charge in [0.2, 0.25) is 5.91 Å². The van der Waals surface area contributed by atoms with E-state index >= 15 is 0 Å². The molecule has 1 fully saturated rings. The van der Waals surface area contributed by atoms with Crippen LogP contribution in [0.25, 0.3) is 0 Å². The third-order valence-corrected chi connectivity index (χ3v) is 7.64. The Kier molecular flexibility index (Phi) is 7.34. The Morgan fingerprint density at radius 2 is 1.80 bits per heavy atom. The molecular formula is C25H31NO3S. The highest BCUT2D eigenvalue weighted by Crippen LogP contribution is 2.33. The highest BCUT2D eigenvalue weighted by atomic mass is 32.2. The number of unbranched alkanes of at least 4 members (excludes halogenated alkanes) is 1. The number of ether oxygens (including phenoxy) is 1.